The van der Waals surface area contributed by atoms with E-state index in [1.165, 1.54) is 0 Å². The van der Waals surface area contributed by atoms with Gasteiger partial charge in [0.05, 0.1) is 6.10 Å². The van der Waals surface area contributed by atoms with Crippen molar-refractivity contribution in [1.29, 1.82) is 0 Å². The minimum atomic E-state index is -0.433. The van der Waals surface area contributed by atoms with Crippen LogP contribution >= 0.6 is 0 Å². The lowest BCUT2D eigenvalue weighted by Gasteiger charge is -2.29. The smallest absolute Gasteiger partial charge is 0.312 e. The van der Waals surface area contributed by atoms with Crippen LogP contribution in [0.5, 0.6) is 5.75 Å². The van der Waals surface area contributed by atoms with Crippen LogP contribution in [0.4, 0.5) is 4.79 Å². The molecule has 1 aromatic carbocycles. The van der Waals surface area contributed by atoms with Gasteiger partial charge in [-0.2, -0.15) is 0 Å². The van der Waals surface area contributed by atoms with Gasteiger partial charge in [0, 0.05) is 6.04 Å². The van der Waals surface area contributed by atoms with Gasteiger partial charge in [0.2, 0.25) is 0 Å². The highest BCUT2D eigenvalue weighted by Crippen LogP contribution is 2.23. The zero-order chi connectivity index (χ0) is 12.1. The number of primary amides is 1. The van der Waals surface area contributed by atoms with Gasteiger partial charge in [-0.05, 0) is 37.8 Å². The number of benzene rings is 1. The molecule has 0 unspecified atom stereocenters. The molecule has 0 radical (unpaired) electrons. The van der Waals surface area contributed by atoms with Gasteiger partial charge in [-0.15, -0.1) is 0 Å². The Hall–Kier alpha value is -1.71. The molecular weight excluding hydrogens is 216 g/mol. The molecule has 0 bridgehead atoms. The van der Waals surface area contributed by atoms with Crippen molar-refractivity contribution >= 4 is 6.03 Å². The van der Waals surface area contributed by atoms with E-state index >= 15 is 0 Å². The number of para-hydroxylation sites is 1. The maximum atomic E-state index is 10.7. The normalized spacial score (nSPS) is 24.0. The van der Waals surface area contributed by atoms with Crippen molar-refractivity contribution in [2.24, 2.45) is 5.73 Å². The van der Waals surface area contributed by atoms with Crippen LogP contribution in [0.25, 0.3) is 0 Å². The number of hydrogen-bond donors (Lipinski definition) is 2. The van der Waals surface area contributed by atoms with Gasteiger partial charge in [0.1, 0.15) is 5.75 Å². The SMILES string of the molecule is NC(=O)NC1CCC(Oc2ccccc2)CC1. The summed E-state index contributed by atoms with van der Waals surface area (Å²) < 4.78 is 5.86. The average Bonchev–Trinajstić information content (AvgIpc) is 2.32. The molecule has 0 heterocycles. The summed E-state index contributed by atoms with van der Waals surface area (Å²) in [7, 11) is 0. The number of urea groups is 1. The molecule has 92 valence electrons. The van der Waals surface area contributed by atoms with Crippen LogP contribution in [0, 0.1) is 0 Å². The summed E-state index contributed by atoms with van der Waals surface area (Å²) in [6, 6.07) is 9.62. The van der Waals surface area contributed by atoms with E-state index in [4.69, 9.17) is 10.5 Å². The van der Waals surface area contributed by atoms with E-state index in [1.807, 2.05) is 30.3 Å². The average molecular weight is 234 g/mol. The van der Waals surface area contributed by atoms with Gasteiger partial charge in [-0.1, -0.05) is 18.2 Å². The first-order valence-electron chi connectivity index (χ1n) is 6.01. The lowest BCUT2D eigenvalue weighted by molar-refractivity contribution is 0.141. The van der Waals surface area contributed by atoms with Crippen LogP contribution in [-0.2, 0) is 0 Å². The Balaban J connectivity index is 1.78. The number of amides is 2. The van der Waals surface area contributed by atoms with Crippen LogP contribution in [0.15, 0.2) is 30.3 Å². The summed E-state index contributed by atoms with van der Waals surface area (Å²) in [6.45, 7) is 0. The van der Waals surface area contributed by atoms with Gasteiger partial charge in [-0.3, -0.25) is 0 Å². The summed E-state index contributed by atoms with van der Waals surface area (Å²) >= 11 is 0. The van der Waals surface area contributed by atoms with Crippen molar-refractivity contribution in [2.45, 2.75) is 37.8 Å². The second-order valence-electron chi connectivity index (χ2n) is 4.41. The largest absolute Gasteiger partial charge is 0.490 e. The molecule has 0 atom stereocenters. The molecule has 1 saturated carbocycles. The summed E-state index contributed by atoms with van der Waals surface area (Å²) in [5.74, 6) is 0.916. The molecule has 0 saturated heterocycles. The van der Waals surface area contributed by atoms with Gasteiger partial charge < -0.3 is 15.8 Å². The van der Waals surface area contributed by atoms with Gasteiger partial charge in [0.25, 0.3) is 0 Å². The first kappa shape index (κ1) is 11.8. The topological polar surface area (TPSA) is 64.4 Å². The maximum absolute atomic E-state index is 10.7. The van der Waals surface area contributed by atoms with Gasteiger partial charge >= 0.3 is 6.03 Å². The zero-order valence-corrected chi connectivity index (χ0v) is 9.76. The third kappa shape index (κ3) is 3.66. The predicted molar refractivity (Wildman–Crippen MR) is 65.8 cm³/mol. The number of nitrogens with one attached hydrogen (secondary N) is 1. The quantitative estimate of drug-likeness (QED) is 0.840. The Morgan fingerprint density at radius 2 is 1.82 bits per heavy atom. The lowest BCUT2D eigenvalue weighted by Crippen LogP contribution is -2.42. The molecule has 0 spiro atoms. The summed E-state index contributed by atoms with van der Waals surface area (Å²) in [5, 5.41) is 2.75. The first-order valence-corrected chi connectivity index (χ1v) is 6.01. The third-order valence-electron chi connectivity index (χ3n) is 3.07. The van der Waals surface area contributed by atoms with Crippen molar-refractivity contribution < 1.29 is 9.53 Å². The highest BCUT2D eigenvalue weighted by atomic mass is 16.5. The molecule has 17 heavy (non-hydrogen) atoms. The Kier molecular flexibility index (Phi) is 3.85. The number of nitrogens with two attached hydrogens (primary N) is 1. The third-order valence-corrected chi connectivity index (χ3v) is 3.07. The molecular formula is C13H18N2O2. The van der Waals surface area contributed by atoms with E-state index in [1.54, 1.807) is 0 Å². The van der Waals surface area contributed by atoms with Crippen LogP contribution in [0.2, 0.25) is 0 Å². The number of carbonyl (C=O) groups is 1. The fourth-order valence-corrected chi connectivity index (χ4v) is 2.22. The second kappa shape index (κ2) is 5.57. The Bertz CT molecular complexity index is 359. The molecule has 2 amide bonds. The predicted octanol–water partition coefficient (Wildman–Crippen LogP) is 2.04. The molecule has 0 aliphatic heterocycles. The van der Waals surface area contributed by atoms with E-state index in [2.05, 4.69) is 5.32 Å². The minimum Gasteiger partial charge on any atom is -0.490 e. The molecule has 1 aromatic rings. The summed E-state index contributed by atoms with van der Waals surface area (Å²) in [4.78, 5) is 10.7. The number of ether oxygens (including phenoxy) is 1. The molecule has 1 aliphatic rings. The number of hydrogen-bond acceptors (Lipinski definition) is 2. The maximum Gasteiger partial charge on any atom is 0.312 e. The van der Waals surface area contributed by atoms with Crippen molar-refractivity contribution in [3.63, 3.8) is 0 Å². The van der Waals surface area contributed by atoms with Crippen molar-refractivity contribution in [1.82, 2.24) is 5.32 Å². The second-order valence-corrected chi connectivity index (χ2v) is 4.41. The van der Waals surface area contributed by atoms with E-state index < -0.39 is 6.03 Å². The highest BCUT2D eigenvalue weighted by Gasteiger charge is 2.22. The summed E-state index contributed by atoms with van der Waals surface area (Å²) in [5.41, 5.74) is 5.10. The van der Waals surface area contributed by atoms with Crippen LogP contribution in [-0.4, -0.2) is 18.2 Å². The van der Waals surface area contributed by atoms with Gasteiger partial charge in [-0.25, -0.2) is 4.79 Å². The fourth-order valence-electron chi connectivity index (χ4n) is 2.22. The van der Waals surface area contributed by atoms with Crippen molar-refractivity contribution in [2.75, 3.05) is 0 Å². The first-order chi connectivity index (χ1) is 8.24. The highest BCUT2D eigenvalue weighted by molar-refractivity contribution is 5.71. The Morgan fingerprint density at radius 1 is 1.18 bits per heavy atom. The molecule has 0 aromatic heterocycles. The number of rotatable bonds is 3. The molecule has 4 heteroatoms. The van der Waals surface area contributed by atoms with E-state index in [0.29, 0.717) is 0 Å². The fraction of sp³-hybridized carbons (Fsp3) is 0.462. The standard InChI is InChI=1S/C13H18N2O2/c14-13(16)15-10-6-8-12(9-7-10)17-11-4-2-1-3-5-11/h1-5,10,12H,6-9H2,(H3,14,15,16). The van der Waals surface area contributed by atoms with Crippen LogP contribution in [0.3, 0.4) is 0 Å². The van der Waals surface area contributed by atoms with Crippen molar-refractivity contribution in [3.05, 3.63) is 30.3 Å². The molecule has 4 nitrogen and oxygen atoms in total. The van der Waals surface area contributed by atoms with Crippen molar-refractivity contribution in [3.8, 4) is 5.75 Å². The monoisotopic (exact) mass is 234 g/mol. The van der Waals surface area contributed by atoms with E-state index in [0.717, 1.165) is 31.4 Å². The molecule has 1 fully saturated rings. The van der Waals surface area contributed by atoms with Crippen LogP contribution in [0.1, 0.15) is 25.7 Å². The molecule has 1 aliphatic carbocycles. The number of carbonyl (C=O) groups excluding carboxylic acids is 1. The van der Waals surface area contributed by atoms with Crippen LogP contribution < -0.4 is 15.8 Å². The van der Waals surface area contributed by atoms with Gasteiger partial charge in [0.15, 0.2) is 0 Å². The van der Waals surface area contributed by atoms with E-state index in [9.17, 15) is 4.79 Å². The zero-order valence-electron chi connectivity index (χ0n) is 9.76. The molecule has 2 rings (SSSR count). The minimum absolute atomic E-state index is 0.211. The Labute approximate surface area is 101 Å². The van der Waals surface area contributed by atoms with E-state index in [-0.39, 0.29) is 12.1 Å². The lowest BCUT2D eigenvalue weighted by atomic mass is 9.93. The Morgan fingerprint density at radius 3 is 2.41 bits per heavy atom. The summed E-state index contributed by atoms with van der Waals surface area (Å²) in [6.07, 6.45) is 4.03. The molecule has 3 N–H and O–H groups in total.